The molecule has 116 valence electrons. The van der Waals surface area contributed by atoms with Gasteiger partial charge in [0.15, 0.2) is 6.10 Å². The first-order valence-electron chi connectivity index (χ1n) is 7.33. The largest absolute Gasteiger partial charge is 0.479 e. The van der Waals surface area contributed by atoms with Crippen LogP contribution >= 0.6 is 11.6 Å². The fraction of sp³-hybridized carbons (Fsp3) is 0.278. The molecule has 2 aromatic rings. The first-order valence-corrected chi connectivity index (χ1v) is 7.71. The molecule has 0 saturated carbocycles. The van der Waals surface area contributed by atoms with Crippen LogP contribution in [0.3, 0.4) is 0 Å². The van der Waals surface area contributed by atoms with E-state index >= 15 is 0 Å². The van der Waals surface area contributed by atoms with Gasteiger partial charge in [-0.25, -0.2) is 0 Å². The predicted molar refractivity (Wildman–Crippen MR) is 90.7 cm³/mol. The van der Waals surface area contributed by atoms with Gasteiger partial charge in [-0.3, -0.25) is 4.79 Å². The topological polar surface area (TPSA) is 38.3 Å². The number of amides is 1. The van der Waals surface area contributed by atoms with Gasteiger partial charge in [-0.2, -0.15) is 0 Å². The first kappa shape index (κ1) is 16.4. The molecule has 0 aliphatic carbocycles. The zero-order chi connectivity index (χ0) is 16.1. The van der Waals surface area contributed by atoms with Crippen molar-refractivity contribution in [2.75, 3.05) is 5.32 Å². The number of halogens is 1. The number of para-hydroxylation sites is 2. The molecule has 0 saturated heterocycles. The van der Waals surface area contributed by atoms with Gasteiger partial charge in [0.1, 0.15) is 5.75 Å². The van der Waals surface area contributed by atoms with E-state index in [0.29, 0.717) is 10.8 Å². The summed E-state index contributed by atoms with van der Waals surface area (Å²) in [6.45, 7) is 5.75. The lowest BCUT2D eigenvalue weighted by Crippen LogP contribution is -2.30. The molecular formula is C18H20ClNO2. The van der Waals surface area contributed by atoms with Crippen LogP contribution in [0.15, 0.2) is 42.5 Å². The Hall–Kier alpha value is -2.00. The standard InChI is InChI=1S/C18H20ClNO2/c1-4-14-9-7-8-12(2)17(14)20-18(21)13(3)22-16-11-6-5-10-15(16)19/h5-11,13H,4H2,1-3H3,(H,20,21)/t13-/m0/s1. The van der Waals surface area contributed by atoms with Crippen LogP contribution in [0.5, 0.6) is 5.75 Å². The fourth-order valence-electron chi connectivity index (χ4n) is 2.21. The van der Waals surface area contributed by atoms with E-state index in [1.807, 2.05) is 37.3 Å². The Morgan fingerprint density at radius 3 is 2.64 bits per heavy atom. The number of benzene rings is 2. The van der Waals surface area contributed by atoms with E-state index in [-0.39, 0.29) is 5.91 Å². The summed E-state index contributed by atoms with van der Waals surface area (Å²) in [7, 11) is 0. The highest BCUT2D eigenvalue weighted by Gasteiger charge is 2.18. The molecule has 0 heterocycles. The molecule has 2 aromatic carbocycles. The Kier molecular flexibility index (Phi) is 5.45. The van der Waals surface area contributed by atoms with Crippen molar-refractivity contribution in [3.05, 3.63) is 58.6 Å². The minimum atomic E-state index is -0.635. The second-order valence-corrected chi connectivity index (χ2v) is 5.55. The van der Waals surface area contributed by atoms with E-state index in [9.17, 15) is 4.79 Å². The summed E-state index contributed by atoms with van der Waals surface area (Å²) in [6, 6.07) is 13.1. The molecular weight excluding hydrogens is 298 g/mol. The van der Waals surface area contributed by atoms with Crippen LogP contribution in [0.4, 0.5) is 5.69 Å². The van der Waals surface area contributed by atoms with Crippen molar-refractivity contribution in [3.63, 3.8) is 0 Å². The summed E-state index contributed by atoms with van der Waals surface area (Å²) < 4.78 is 5.65. The lowest BCUT2D eigenvalue weighted by molar-refractivity contribution is -0.122. The number of ether oxygens (including phenoxy) is 1. The minimum Gasteiger partial charge on any atom is -0.479 e. The molecule has 0 radical (unpaired) electrons. The zero-order valence-corrected chi connectivity index (χ0v) is 13.8. The van der Waals surface area contributed by atoms with E-state index in [4.69, 9.17) is 16.3 Å². The molecule has 0 aliphatic rings. The molecule has 22 heavy (non-hydrogen) atoms. The third kappa shape index (κ3) is 3.80. The summed E-state index contributed by atoms with van der Waals surface area (Å²) in [5.74, 6) is 0.316. The molecule has 0 unspecified atom stereocenters. The van der Waals surface area contributed by atoms with Gasteiger partial charge < -0.3 is 10.1 Å². The molecule has 1 atom stereocenters. The molecule has 1 N–H and O–H groups in total. The predicted octanol–water partition coefficient (Wildman–Crippen LogP) is 4.62. The van der Waals surface area contributed by atoms with Crippen LogP contribution in [-0.4, -0.2) is 12.0 Å². The minimum absolute atomic E-state index is 0.191. The highest BCUT2D eigenvalue weighted by Crippen LogP contribution is 2.25. The average Bonchev–Trinajstić information content (AvgIpc) is 2.51. The molecule has 0 bridgehead atoms. The Morgan fingerprint density at radius 1 is 1.23 bits per heavy atom. The van der Waals surface area contributed by atoms with Gasteiger partial charge in [-0.15, -0.1) is 0 Å². The van der Waals surface area contributed by atoms with Crippen molar-refractivity contribution in [2.24, 2.45) is 0 Å². The van der Waals surface area contributed by atoms with Crippen molar-refractivity contribution in [2.45, 2.75) is 33.3 Å². The Labute approximate surface area is 136 Å². The SMILES string of the molecule is CCc1cccc(C)c1NC(=O)[C@H](C)Oc1ccccc1Cl. The van der Waals surface area contributed by atoms with Crippen molar-refractivity contribution in [3.8, 4) is 5.75 Å². The van der Waals surface area contributed by atoms with Gasteiger partial charge in [0, 0.05) is 5.69 Å². The molecule has 1 amide bonds. The Morgan fingerprint density at radius 2 is 1.95 bits per heavy atom. The number of carbonyl (C=O) groups excluding carboxylic acids is 1. The first-order chi connectivity index (χ1) is 10.5. The summed E-state index contributed by atoms with van der Waals surface area (Å²) in [4.78, 5) is 12.4. The van der Waals surface area contributed by atoms with E-state index in [1.165, 1.54) is 0 Å². The number of rotatable bonds is 5. The maximum absolute atomic E-state index is 12.4. The van der Waals surface area contributed by atoms with Crippen LogP contribution in [0.25, 0.3) is 0 Å². The van der Waals surface area contributed by atoms with Crippen LogP contribution in [0.1, 0.15) is 25.0 Å². The lowest BCUT2D eigenvalue weighted by Gasteiger charge is -2.18. The number of aryl methyl sites for hydroxylation is 2. The molecule has 0 fully saturated rings. The van der Waals surface area contributed by atoms with Crippen LogP contribution in [0, 0.1) is 6.92 Å². The van der Waals surface area contributed by atoms with Crippen LogP contribution in [-0.2, 0) is 11.2 Å². The second-order valence-electron chi connectivity index (χ2n) is 5.14. The van der Waals surface area contributed by atoms with E-state index in [1.54, 1.807) is 19.1 Å². The van der Waals surface area contributed by atoms with E-state index < -0.39 is 6.10 Å². The van der Waals surface area contributed by atoms with Crippen LogP contribution < -0.4 is 10.1 Å². The summed E-state index contributed by atoms with van der Waals surface area (Å²) in [5.41, 5.74) is 3.01. The average molecular weight is 318 g/mol. The Bertz CT molecular complexity index is 670. The maximum atomic E-state index is 12.4. The van der Waals surface area contributed by atoms with Crippen LogP contribution in [0.2, 0.25) is 5.02 Å². The maximum Gasteiger partial charge on any atom is 0.265 e. The van der Waals surface area contributed by atoms with Gasteiger partial charge in [0.25, 0.3) is 5.91 Å². The van der Waals surface area contributed by atoms with Gasteiger partial charge in [0.2, 0.25) is 0 Å². The lowest BCUT2D eigenvalue weighted by atomic mass is 10.1. The number of carbonyl (C=O) groups is 1. The number of anilines is 1. The molecule has 2 rings (SSSR count). The van der Waals surface area contributed by atoms with Gasteiger partial charge in [-0.05, 0) is 43.5 Å². The number of nitrogens with one attached hydrogen (secondary N) is 1. The van der Waals surface area contributed by atoms with Crippen molar-refractivity contribution in [1.29, 1.82) is 0 Å². The fourth-order valence-corrected chi connectivity index (χ4v) is 2.39. The third-order valence-corrected chi connectivity index (χ3v) is 3.81. The third-order valence-electron chi connectivity index (χ3n) is 3.50. The zero-order valence-electron chi connectivity index (χ0n) is 13.0. The van der Waals surface area contributed by atoms with E-state index in [2.05, 4.69) is 12.2 Å². The molecule has 0 aliphatic heterocycles. The van der Waals surface area contributed by atoms with Crippen molar-refractivity contribution in [1.82, 2.24) is 0 Å². The molecule has 4 heteroatoms. The van der Waals surface area contributed by atoms with Gasteiger partial charge in [0.05, 0.1) is 5.02 Å². The quantitative estimate of drug-likeness (QED) is 0.874. The van der Waals surface area contributed by atoms with Crippen molar-refractivity contribution >= 4 is 23.2 Å². The van der Waals surface area contributed by atoms with Gasteiger partial charge in [-0.1, -0.05) is 48.9 Å². The normalized spacial score (nSPS) is 11.8. The van der Waals surface area contributed by atoms with E-state index in [0.717, 1.165) is 23.2 Å². The monoisotopic (exact) mass is 317 g/mol. The number of hydrogen-bond donors (Lipinski definition) is 1. The second kappa shape index (κ2) is 7.32. The number of hydrogen-bond acceptors (Lipinski definition) is 2. The summed E-state index contributed by atoms with van der Waals surface area (Å²) in [6.07, 6.45) is 0.223. The summed E-state index contributed by atoms with van der Waals surface area (Å²) >= 11 is 6.05. The molecule has 3 nitrogen and oxygen atoms in total. The smallest absolute Gasteiger partial charge is 0.265 e. The van der Waals surface area contributed by atoms with Gasteiger partial charge >= 0.3 is 0 Å². The highest BCUT2D eigenvalue weighted by molar-refractivity contribution is 6.32. The molecule has 0 spiro atoms. The molecule has 0 aromatic heterocycles. The van der Waals surface area contributed by atoms with Crippen molar-refractivity contribution < 1.29 is 9.53 Å². The summed E-state index contributed by atoms with van der Waals surface area (Å²) in [5, 5.41) is 3.46. The Balaban J connectivity index is 2.11. The highest BCUT2D eigenvalue weighted by atomic mass is 35.5.